The van der Waals surface area contributed by atoms with Crippen LogP contribution in [0.4, 0.5) is 5.69 Å². The molecule has 0 atom stereocenters. The molecule has 19 heavy (non-hydrogen) atoms. The molecule has 1 aromatic rings. The number of rotatable bonds is 6. The fraction of sp³-hybridized carbons (Fsp3) is 0.571. The molecule has 1 aromatic carbocycles. The van der Waals surface area contributed by atoms with E-state index in [0.29, 0.717) is 11.6 Å². The predicted octanol–water partition coefficient (Wildman–Crippen LogP) is 3.92. The lowest BCUT2D eigenvalue weighted by atomic mass is 10.0. The minimum absolute atomic E-state index is 0.0414. The van der Waals surface area contributed by atoms with Crippen molar-refractivity contribution in [2.45, 2.75) is 38.6 Å². The molecule has 5 heteroatoms. The highest BCUT2D eigenvalue weighted by atomic mass is 35.5. The van der Waals surface area contributed by atoms with E-state index in [0.717, 1.165) is 18.0 Å². The number of hydrogen-bond acceptors (Lipinski definition) is 3. The van der Waals surface area contributed by atoms with Crippen molar-refractivity contribution in [2.24, 2.45) is 5.92 Å². The molecule has 104 valence electrons. The molecule has 1 aliphatic carbocycles. The summed E-state index contributed by atoms with van der Waals surface area (Å²) in [5, 5.41) is 14.4. The van der Waals surface area contributed by atoms with Crippen LogP contribution in [0.3, 0.4) is 0 Å². The van der Waals surface area contributed by atoms with Gasteiger partial charge < -0.3 is 5.32 Å². The zero-order valence-corrected chi connectivity index (χ0v) is 11.7. The van der Waals surface area contributed by atoms with E-state index in [-0.39, 0.29) is 5.69 Å². The van der Waals surface area contributed by atoms with Gasteiger partial charge in [-0.15, -0.1) is 0 Å². The molecular formula is C14H19ClN2O2. The van der Waals surface area contributed by atoms with Gasteiger partial charge in [-0.25, -0.2) is 0 Å². The number of halogens is 1. The summed E-state index contributed by atoms with van der Waals surface area (Å²) >= 11 is 6.04. The minimum Gasteiger partial charge on any atom is -0.313 e. The van der Waals surface area contributed by atoms with Gasteiger partial charge in [0.15, 0.2) is 0 Å². The van der Waals surface area contributed by atoms with Gasteiger partial charge in [-0.2, -0.15) is 0 Å². The Balaban J connectivity index is 1.77. The molecule has 0 amide bonds. The summed E-state index contributed by atoms with van der Waals surface area (Å²) < 4.78 is 0. The Morgan fingerprint density at radius 2 is 2.11 bits per heavy atom. The summed E-state index contributed by atoms with van der Waals surface area (Å²) in [6.07, 6.45) is 6.68. The highest BCUT2D eigenvalue weighted by Gasteiger charge is 2.14. The molecule has 1 aliphatic rings. The van der Waals surface area contributed by atoms with Gasteiger partial charge in [0, 0.05) is 18.7 Å². The van der Waals surface area contributed by atoms with Gasteiger partial charge >= 0.3 is 0 Å². The lowest BCUT2D eigenvalue weighted by Crippen LogP contribution is -2.17. The molecule has 1 fully saturated rings. The van der Waals surface area contributed by atoms with E-state index in [2.05, 4.69) is 5.32 Å². The highest BCUT2D eigenvalue weighted by molar-refractivity contribution is 6.31. The lowest BCUT2D eigenvalue weighted by molar-refractivity contribution is -0.384. The van der Waals surface area contributed by atoms with Crippen molar-refractivity contribution in [3.05, 3.63) is 38.9 Å². The Kier molecular flexibility index (Phi) is 5.16. The number of hydrogen-bond donors (Lipinski definition) is 1. The van der Waals surface area contributed by atoms with Crippen LogP contribution in [-0.4, -0.2) is 11.5 Å². The fourth-order valence-corrected chi connectivity index (χ4v) is 2.86. The third-order valence-electron chi connectivity index (χ3n) is 3.77. The van der Waals surface area contributed by atoms with E-state index in [1.165, 1.54) is 44.2 Å². The van der Waals surface area contributed by atoms with Gasteiger partial charge in [0.1, 0.15) is 0 Å². The minimum atomic E-state index is -0.427. The summed E-state index contributed by atoms with van der Waals surface area (Å²) in [6.45, 7) is 1.65. The standard InChI is InChI=1S/C14H19ClN2O2/c15-14-9-13(17(18)19)6-5-12(14)10-16-8-7-11-3-1-2-4-11/h5-6,9,11,16H,1-4,7-8,10H2. The SMILES string of the molecule is O=[N+]([O-])c1ccc(CNCCC2CCCC2)c(Cl)c1. The molecule has 0 heterocycles. The van der Waals surface area contributed by atoms with Crippen molar-refractivity contribution in [3.8, 4) is 0 Å². The van der Waals surface area contributed by atoms with Crippen LogP contribution >= 0.6 is 11.6 Å². The van der Waals surface area contributed by atoms with Gasteiger partial charge in [0.25, 0.3) is 5.69 Å². The Bertz CT molecular complexity index is 445. The molecule has 1 N–H and O–H groups in total. The topological polar surface area (TPSA) is 55.2 Å². The van der Waals surface area contributed by atoms with Crippen molar-refractivity contribution in [1.29, 1.82) is 0 Å². The molecule has 4 nitrogen and oxygen atoms in total. The van der Waals surface area contributed by atoms with Gasteiger partial charge in [-0.05, 0) is 30.5 Å². The molecular weight excluding hydrogens is 264 g/mol. The predicted molar refractivity (Wildman–Crippen MR) is 76.4 cm³/mol. The maximum atomic E-state index is 10.6. The normalized spacial score (nSPS) is 15.8. The third-order valence-corrected chi connectivity index (χ3v) is 4.12. The first-order valence-electron chi connectivity index (χ1n) is 6.80. The second-order valence-corrected chi connectivity index (χ2v) is 5.56. The molecule has 0 aliphatic heterocycles. The second-order valence-electron chi connectivity index (χ2n) is 5.15. The third kappa shape index (κ3) is 4.18. The number of nitrogens with zero attached hydrogens (tertiary/aromatic N) is 1. The summed E-state index contributed by atoms with van der Waals surface area (Å²) in [6, 6.07) is 4.64. The van der Waals surface area contributed by atoms with E-state index in [1.54, 1.807) is 6.07 Å². The molecule has 0 radical (unpaired) electrons. The monoisotopic (exact) mass is 282 g/mol. The van der Waals surface area contributed by atoms with Crippen LogP contribution in [0, 0.1) is 16.0 Å². The smallest absolute Gasteiger partial charge is 0.270 e. The van der Waals surface area contributed by atoms with Crippen molar-refractivity contribution in [3.63, 3.8) is 0 Å². The van der Waals surface area contributed by atoms with Gasteiger partial charge in [-0.1, -0.05) is 37.3 Å². The Morgan fingerprint density at radius 1 is 1.37 bits per heavy atom. The van der Waals surface area contributed by atoms with Crippen LogP contribution in [0.1, 0.15) is 37.7 Å². The van der Waals surface area contributed by atoms with Gasteiger partial charge in [-0.3, -0.25) is 10.1 Å². The van der Waals surface area contributed by atoms with Crippen LogP contribution in [0.2, 0.25) is 5.02 Å². The van der Waals surface area contributed by atoms with Gasteiger partial charge in [0.2, 0.25) is 0 Å². The van der Waals surface area contributed by atoms with Crippen molar-refractivity contribution in [2.75, 3.05) is 6.54 Å². The lowest BCUT2D eigenvalue weighted by Gasteiger charge is -2.10. The molecule has 0 spiro atoms. The maximum Gasteiger partial charge on any atom is 0.270 e. The van der Waals surface area contributed by atoms with E-state index in [4.69, 9.17) is 11.6 Å². The quantitative estimate of drug-likeness (QED) is 0.489. The number of nitrogens with one attached hydrogen (secondary N) is 1. The summed E-state index contributed by atoms with van der Waals surface area (Å²) in [5.74, 6) is 0.875. The van der Waals surface area contributed by atoms with E-state index in [1.807, 2.05) is 0 Å². The van der Waals surface area contributed by atoms with Crippen LogP contribution < -0.4 is 5.32 Å². The van der Waals surface area contributed by atoms with Crippen molar-refractivity contribution >= 4 is 17.3 Å². The highest BCUT2D eigenvalue weighted by Crippen LogP contribution is 2.27. The molecule has 0 bridgehead atoms. The number of benzene rings is 1. The van der Waals surface area contributed by atoms with E-state index < -0.39 is 4.92 Å². The largest absolute Gasteiger partial charge is 0.313 e. The zero-order chi connectivity index (χ0) is 13.7. The van der Waals surface area contributed by atoms with Crippen LogP contribution in [0.15, 0.2) is 18.2 Å². The number of nitro groups is 1. The molecule has 0 saturated heterocycles. The van der Waals surface area contributed by atoms with Crippen molar-refractivity contribution in [1.82, 2.24) is 5.32 Å². The zero-order valence-electron chi connectivity index (χ0n) is 10.9. The molecule has 0 unspecified atom stereocenters. The second kappa shape index (κ2) is 6.87. The first-order chi connectivity index (χ1) is 9.16. The maximum absolute atomic E-state index is 10.6. The van der Waals surface area contributed by atoms with Crippen LogP contribution in [0.5, 0.6) is 0 Å². The Morgan fingerprint density at radius 3 is 2.74 bits per heavy atom. The van der Waals surface area contributed by atoms with E-state index in [9.17, 15) is 10.1 Å². The van der Waals surface area contributed by atoms with Gasteiger partial charge in [0.05, 0.1) is 9.95 Å². The summed E-state index contributed by atoms with van der Waals surface area (Å²) in [4.78, 5) is 10.2. The van der Waals surface area contributed by atoms with Crippen LogP contribution in [-0.2, 0) is 6.54 Å². The fourth-order valence-electron chi connectivity index (χ4n) is 2.62. The molecule has 2 rings (SSSR count). The van der Waals surface area contributed by atoms with Crippen LogP contribution in [0.25, 0.3) is 0 Å². The van der Waals surface area contributed by atoms with Crippen molar-refractivity contribution < 1.29 is 4.92 Å². The molecule has 0 aromatic heterocycles. The average Bonchev–Trinajstić information content (AvgIpc) is 2.89. The summed E-state index contributed by atoms with van der Waals surface area (Å²) in [5.41, 5.74) is 0.957. The number of nitro benzene ring substituents is 1. The number of non-ortho nitro benzene ring substituents is 1. The average molecular weight is 283 g/mol. The summed E-state index contributed by atoms with van der Waals surface area (Å²) in [7, 11) is 0. The Labute approximate surface area is 118 Å². The first-order valence-corrected chi connectivity index (χ1v) is 7.18. The van der Waals surface area contributed by atoms with E-state index >= 15 is 0 Å². The first kappa shape index (κ1) is 14.3. The molecule has 1 saturated carbocycles. The Hall–Kier alpha value is -1.13.